The zero-order valence-corrected chi connectivity index (χ0v) is 13.5. The van der Waals surface area contributed by atoms with Crippen LogP contribution in [0.25, 0.3) is 0 Å². The van der Waals surface area contributed by atoms with Gasteiger partial charge in [-0.1, -0.05) is 13.8 Å². The monoisotopic (exact) mass is 283 g/mol. The first-order chi connectivity index (χ1) is 8.79. The smallest absolute Gasteiger partial charge is 0.227 e. The molecule has 108 valence electrons. The van der Waals surface area contributed by atoms with Crippen molar-refractivity contribution < 1.29 is 4.79 Å². The average molecular weight is 283 g/mol. The number of nitrogens with zero attached hydrogens (tertiary/aromatic N) is 2. The van der Waals surface area contributed by atoms with Crippen LogP contribution in [0.5, 0.6) is 0 Å². The maximum Gasteiger partial charge on any atom is 0.227 e. The first-order valence-corrected chi connectivity index (χ1v) is 7.59. The molecule has 0 fully saturated rings. The highest BCUT2D eigenvalue weighted by molar-refractivity contribution is 7.11. The molecule has 3 atom stereocenters. The Bertz CT molecular complexity index is 442. The first kappa shape index (κ1) is 16.1. The van der Waals surface area contributed by atoms with Gasteiger partial charge in [0.25, 0.3) is 0 Å². The van der Waals surface area contributed by atoms with E-state index < -0.39 is 0 Å². The molecule has 1 amide bonds. The second-order valence-electron chi connectivity index (χ2n) is 5.18. The standard InChI is InChI=1S/C14H25N3OS/c1-7-12-16-10(4)13(19-12)11(5)17(6)14(18)8(2)9(3)15/h8-9,11H,7,15H2,1-6H3. The number of aryl methyl sites for hydroxylation is 2. The Kier molecular flexibility index (Phi) is 5.50. The minimum absolute atomic E-state index is 0.0477. The Morgan fingerprint density at radius 1 is 1.42 bits per heavy atom. The highest BCUT2D eigenvalue weighted by atomic mass is 32.1. The number of rotatable bonds is 5. The molecule has 0 aliphatic rings. The summed E-state index contributed by atoms with van der Waals surface area (Å²) in [5, 5.41) is 1.13. The fourth-order valence-corrected chi connectivity index (χ4v) is 3.02. The van der Waals surface area contributed by atoms with Crippen LogP contribution in [0.1, 0.15) is 49.3 Å². The van der Waals surface area contributed by atoms with Crippen molar-refractivity contribution in [2.75, 3.05) is 7.05 Å². The second-order valence-corrected chi connectivity index (χ2v) is 6.30. The van der Waals surface area contributed by atoms with Gasteiger partial charge < -0.3 is 10.6 Å². The Morgan fingerprint density at radius 2 is 2.00 bits per heavy atom. The van der Waals surface area contributed by atoms with E-state index in [2.05, 4.69) is 11.9 Å². The molecule has 19 heavy (non-hydrogen) atoms. The summed E-state index contributed by atoms with van der Waals surface area (Å²) in [5.74, 6) is -0.0697. The van der Waals surface area contributed by atoms with E-state index in [9.17, 15) is 4.79 Å². The van der Waals surface area contributed by atoms with E-state index in [-0.39, 0.29) is 23.9 Å². The minimum Gasteiger partial charge on any atom is -0.338 e. The van der Waals surface area contributed by atoms with Gasteiger partial charge in [-0.3, -0.25) is 4.79 Å². The van der Waals surface area contributed by atoms with Crippen LogP contribution < -0.4 is 5.73 Å². The van der Waals surface area contributed by atoms with Crippen LogP contribution in [-0.2, 0) is 11.2 Å². The maximum absolute atomic E-state index is 12.3. The number of aromatic nitrogens is 1. The van der Waals surface area contributed by atoms with Crippen LogP contribution in [0, 0.1) is 12.8 Å². The van der Waals surface area contributed by atoms with Gasteiger partial charge in [-0.25, -0.2) is 4.98 Å². The fraction of sp³-hybridized carbons (Fsp3) is 0.714. The summed E-state index contributed by atoms with van der Waals surface area (Å²) < 4.78 is 0. The van der Waals surface area contributed by atoms with E-state index >= 15 is 0 Å². The lowest BCUT2D eigenvalue weighted by Crippen LogP contribution is -2.40. The van der Waals surface area contributed by atoms with Crippen molar-refractivity contribution in [2.24, 2.45) is 11.7 Å². The lowest BCUT2D eigenvalue weighted by Gasteiger charge is -2.28. The zero-order valence-electron chi connectivity index (χ0n) is 12.7. The Balaban J connectivity index is 2.89. The van der Waals surface area contributed by atoms with Gasteiger partial charge in [0.2, 0.25) is 5.91 Å². The normalized spacial score (nSPS) is 15.9. The van der Waals surface area contributed by atoms with Gasteiger partial charge >= 0.3 is 0 Å². The molecule has 1 aromatic heterocycles. The Morgan fingerprint density at radius 3 is 2.42 bits per heavy atom. The topological polar surface area (TPSA) is 59.2 Å². The molecule has 0 radical (unpaired) electrons. The van der Waals surface area contributed by atoms with E-state index in [1.165, 1.54) is 4.88 Å². The van der Waals surface area contributed by atoms with Crippen molar-refractivity contribution in [3.05, 3.63) is 15.6 Å². The van der Waals surface area contributed by atoms with Crippen molar-refractivity contribution in [1.82, 2.24) is 9.88 Å². The van der Waals surface area contributed by atoms with Crippen LogP contribution >= 0.6 is 11.3 Å². The number of carbonyl (C=O) groups excluding carboxylic acids is 1. The highest BCUT2D eigenvalue weighted by Crippen LogP contribution is 2.29. The first-order valence-electron chi connectivity index (χ1n) is 6.78. The Labute approximate surface area is 120 Å². The molecule has 5 heteroatoms. The predicted octanol–water partition coefficient (Wildman–Crippen LogP) is 2.52. The summed E-state index contributed by atoms with van der Waals surface area (Å²) in [7, 11) is 1.84. The molecule has 3 unspecified atom stereocenters. The number of hydrogen-bond acceptors (Lipinski definition) is 4. The number of amides is 1. The molecule has 0 spiro atoms. The molecule has 0 saturated heterocycles. The summed E-state index contributed by atoms with van der Waals surface area (Å²) >= 11 is 1.70. The summed E-state index contributed by atoms with van der Waals surface area (Å²) in [6.07, 6.45) is 0.937. The lowest BCUT2D eigenvalue weighted by molar-refractivity contribution is -0.136. The SMILES string of the molecule is CCc1nc(C)c(C(C)N(C)C(=O)C(C)C(C)N)s1. The van der Waals surface area contributed by atoms with Gasteiger partial charge in [-0.2, -0.15) is 0 Å². The number of thiazole rings is 1. The van der Waals surface area contributed by atoms with Crippen molar-refractivity contribution in [3.63, 3.8) is 0 Å². The summed E-state index contributed by atoms with van der Waals surface area (Å²) in [6, 6.07) is -0.0811. The van der Waals surface area contributed by atoms with Gasteiger partial charge in [0, 0.05) is 18.0 Å². The molecule has 0 aliphatic carbocycles. The average Bonchev–Trinajstić information content (AvgIpc) is 2.76. The summed E-state index contributed by atoms with van der Waals surface area (Å²) in [6.45, 7) is 9.90. The van der Waals surface area contributed by atoms with Gasteiger partial charge in [0.05, 0.1) is 22.7 Å². The summed E-state index contributed by atoms with van der Waals surface area (Å²) in [5.41, 5.74) is 6.84. The molecular weight excluding hydrogens is 258 g/mol. The van der Waals surface area contributed by atoms with Gasteiger partial charge in [0.15, 0.2) is 0 Å². The molecule has 4 nitrogen and oxygen atoms in total. The Hall–Kier alpha value is -0.940. The third-order valence-corrected chi connectivity index (χ3v) is 5.14. The maximum atomic E-state index is 12.3. The van der Waals surface area contributed by atoms with Crippen LogP contribution in [-0.4, -0.2) is 28.9 Å². The van der Waals surface area contributed by atoms with E-state index in [0.717, 1.165) is 17.1 Å². The molecule has 0 bridgehead atoms. The lowest BCUT2D eigenvalue weighted by atomic mass is 10.0. The van der Waals surface area contributed by atoms with Crippen LogP contribution in [0.3, 0.4) is 0 Å². The van der Waals surface area contributed by atoms with Gasteiger partial charge in [-0.15, -0.1) is 11.3 Å². The fourth-order valence-electron chi connectivity index (χ4n) is 1.92. The third kappa shape index (κ3) is 3.54. The van der Waals surface area contributed by atoms with Crippen molar-refractivity contribution in [2.45, 2.75) is 53.1 Å². The van der Waals surface area contributed by atoms with Crippen molar-refractivity contribution in [3.8, 4) is 0 Å². The molecule has 1 heterocycles. The van der Waals surface area contributed by atoms with E-state index in [1.807, 2.05) is 34.7 Å². The van der Waals surface area contributed by atoms with E-state index in [0.29, 0.717) is 0 Å². The van der Waals surface area contributed by atoms with Crippen molar-refractivity contribution >= 4 is 17.2 Å². The van der Waals surface area contributed by atoms with Crippen LogP contribution in [0.4, 0.5) is 0 Å². The van der Waals surface area contributed by atoms with Gasteiger partial charge in [-0.05, 0) is 27.2 Å². The summed E-state index contributed by atoms with van der Waals surface area (Å²) in [4.78, 5) is 19.8. The molecule has 2 N–H and O–H groups in total. The van der Waals surface area contributed by atoms with E-state index in [4.69, 9.17) is 5.73 Å². The molecule has 1 aromatic rings. The third-order valence-electron chi connectivity index (χ3n) is 3.67. The molecule has 0 aliphatic heterocycles. The van der Waals surface area contributed by atoms with Gasteiger partial charge in [0.1, 0.15) is 0 Å². The minimum atomic E-state index is -0.161. The molecular formula is C14H25N3OS. The number of carbonyl (C=O) groups is 1. The van der Waals surface area contributed by atoms with Crippen LogP contribution in [0.15, 0.2) is 0 Å². The highest BCUT2D eigenvalue weighted by Gasteiger charge is 2.26. The molecule has 0 saturated carbocycles. The molecule has 0 aromatic carbocycles. The van der Waals surface area contributed by atoms with Crippen molar-refractivity contribution in [1.29, 1.82) is 0 Å². The quantitative estimate of drug-likeness (QED) is 0.903. The molecule has 1 rings (SSSR count). The number of nitrogens with two attached hydrogens (primary N) is 1. The zero-order chi connectivity index (χ0) is 14.7. The predicted molar refractivity (Wildman–Crippen MR) is 80.2 cm³/mol. The number of hydrogen-bond donors (Lipinski definition) is 1. The largest absolute Gasteiger partial charge is 0.338 e. The van der Waals surface area contributed by atoms with E-state index in [1.54, 1.807) is 16.2 Å². The van der Waals surface area contributed by atoms with Crippen LogP contribution in [0.2, 0.25) is 0 Å². The second kappa shape index (κ2) is 6.48.